The maximum atomic E-state index is 10.9. The maximum absolute atomic E-state index is 10.9. The van der Waals surface area contributed by atoms with E-state index in [0.29, 0.717) is 5.56 Å². The van der Waals surface area contributed by atoms with Gasteiger partial charge in [0.05, 0.1) is 0 Å². The molecule has 1 rings (SSSR count). The van der Waals surface area contributed by atoms with Gasteiger partial charge in [0.2, 0.25) is 0 Å². The lowest BCUT2D eigenvalue weighted by Crippen LogP contribution is -1.91. The highest BCUT2D eigenvalue weighted by Gasteiger charge is 2.00. The summed E-state index contributed by atoms with van der Waals surface area (Å²) >= 11 is 5.42. The molecular weight excluding hydrogens is 268 g/mol. The number of carbonyl (C=O) groups is 1. The zero-order chi connectivity index (χ0) is 14.6. The van der Waals surface area contributed by atoms with Gasteiger partial charge in [-0.2, -0.15) is 0 Å². The number of unbranched alkanes of at least 4 members (excludes halogenated alkanes) is 8. The zero-order valence-corrected chi connectivity index (χ0v) is 13.4. The van der Waals surface area contributed by atoms with Crippen molar-refractivity contribution < 1.29 is 4.79 Å². The number of hydrogen-bond donors (Lipinski definition) is 0. The van der Waals surface area contributed by atoms with Gasteiger partial charge in [-0.15, -0.1) is 0 Å². The lowest BCUT2D eigenvalue weighted by atomic mass is 10.0. The predicted octanol–water partition coefficient (Wildman–Crippen LogP) is 6.14. The standard InChI is InChI=1S/C18H27ClO/c1-2-3-4-5-6-7-8-9-10-11-16-12-14-17(15-13-16)18(19)20/h12-15H,2-11H2,1H3. The van der Waals surface area contributed by atoms with Crippen LogP contribution in [-0.4, -0.2) is 5.24 Å². The highest BCUT2D eigenvalue weighted by molar-refractivity contribution is 6.67. The van der Waals surface area contributed by atoms with E-state index < -0.39 is 0 Å². The van der Waals surface area contributed by atoms with E-state index in [-0.39, 0.29) is 5.24 Å². The van der Waals surface area contributed by atoms with Gasteiger partial charge in [-0.1, -0.05) is 70.4 Å². The molecule has 0 amide bonds. The van der Waals surface area contributed by atoms with Crippen LogP contribution in [0.4, 0.5) is 0 Å². The summed E-state index contributed by atoms with van der Waals surface area (Å²) in [5.74, 6) is 0. The summed E-state index contributed by atoms with van der Waals surface area (Å²) in [5, 5.41) is -0.375. The lowest BCUT2D eigenvalue weighted by molar-refractivity contribution is 0.108. The third-order valence-electron chi connectivity index (χ3n) is 3.75. The summed E-state index contributed by atoms with van der Waals surface area (Å²) in [5.41, 5.74) is 1.89. The van der Waals surface area contributed by atoms with Crippen molar-refractivity contribution in [2.75, 3.05) is 0 Å². The van der Waals surface area contributed by atoms with Crippen molar-refractivity contribution >= 4 is 16.8 Å². The van der Waals surface area contributed by atoms with Crippen LogP contribution in [0.3, 0.4) is 0 Å². The molecule has 0 aromatic heterocycles. The first kappa shape index (κ1) is 17.2. The Bertz CT molecular complexity index is 370. The van der Waals surface area contributed by atoms with Crippen LogP contribution < -0.4 is 0 Å². The first-order valence-electron chi connectivity index (χ1n) is 8.03. The maximum Gasteiger partial charge on any atom is 0.252 e. The molecule has 1 nitrogen and oxygen atoms in total. The van der Waals surface area contributed by atoms with Crippen LogP contribution in [0.25, 0.3) is 0 Å². The average molecular weight is 295 g/mol. The Kier molecular flexibility index (Phi) is 9.40. The van der Waals surface area contributed by atoms with Gasteiger partial charge in [-0.05, 0) is 42.1 Å². The van der Waals surface area contributed by atoms with E-state index in [9.17, 15) is 4.79 Å². The van der Waals surface area contributed by atoms with Crippen LogP contribution in [0, 0.1) is 0 Å². The molecule has 0 saturated heterocycles. The van der Waals surface area contributed by atoms with E-state index in [4.69, 9.17) is 11.6 Å². The van der Waals surface area contributed by atoms with Crippen LogP contribution in [0.5, 0.6) is 0 Å². The van der Waals surface area contributed by atoms with Gasteiger partial charge in [0.1, 0.15) is 0 Å². The molecule has 1 aromatic carbocycles. The monoisotopic (exact) mass is 294 g/mol. The summed E-state index contributed by atoms with van der Waals surface area (Å²) in [6.45, 7) is 2.26. The Labute approximate surface area is 128 Å². The second kappa shape index (κ2) is 10.9. The van der Waals surface area contributed by atoms with Gasteiger partial charge in [0.15, 0.2) is 0 Å². The van der Waals surface area contributed by atoms with Crippen molar-refractivity contribution in [3.05, 3.63) is 35.4 Å². The van der Waals surface area contributed by atoms with Gasteiger partial charge in [-0.25, -0.2) is 0 Å². The number of rotatable bonds is 11. The van der Waals surface area contributed by atoms with Gasteiger partial charge < -0.3 is 0 Å². The van der Waals surface area contributed by atoms with Crippen LogP contribution >= 0.6 is 11.6 Å². The fourth-order valence-electron chi connectivity index (χ4n) is 2.44. The number of hydrogen-bond acceptors (Lipinski definition) is 1. The molecule has 0 heterocycles. The van der Waals surface area contributed by atoms with E-state index in [1.807, 2.05) is 24.3 Å². The molecule has 0 N–H and O–H groups in total. The first-order valence-corrected chi connectivity index (χ1v) is 8.40. The Balaban J connectivity index is 2.02. The fraction of sp³-hybridized carbons (Fsp3) is 0.611. The molecule has 0 aliphatic heterocycles. The third-order valence-corrected chi connectivity index (χ3v) is 3.97. The van der Waals surface area contributed by atoms with Crippen molar-refractivity contribution in [1.29, 1.82) is 0 Å². The molecule has 2 heteroatoms. The van der Waals surface area contributed by atoms with Crippen molar-refractivity contribution in [2.45, 2.75) is 71.1 Å². The summed E-state index contributed by atoms with van der Waals surface area (Å²) < 4.78 is 0. The summed E-state index contributed by atoms with van der Waals surface area (Å²) in [4.78, 5) is 10.9. The smallest absolute Gasteiger partial charge is 0.252 e. The van der Waals surface area contributed by atoms with E-state index in [1.54, 1.807) is 0 Å². The number of aryl methyl sites for hydroxylation is 1. The van der Waals surface area contributed by atoms with Crippen LogP contribution in [0.15, 0.2) is 24.3 Å². The second-order valence-corrected chi connectivity index (χ2v) is 5.89. The summed E-state index contributed by atoms with van der Waals surface area (Å²) in [6, 6.07) is 7.66. The molecule has 112 valence electrons. The van der Waals surface area contributed by atoms with E-state index in [2.05, 4.69) is 6.92 Å². The second-order valence-electron chi connectivity index (χ2n) is 5.55. The molecule has 0 fully saturated rings. The molecule has 0 spiro atoms. The van der Waals surface area contributed by atoms with Gasteiger partial charge in [0.25, 0.3) is 5.24 Å². The number of halogens is 1. The van der Waals surface area contributed by atoms with Crippen LogP contribution in [0.1, 0.15) is 80.6 Å². The largest absolute Gasteiger partial charge is 0.276 e. The minimum absolute atomic E-state index is 0.375. The summed E-state index contributed by atoms with van der Waals surface area (Å²) in [7, 11) is 0. The van der Waals surface area contributed by atoms with E-state index in [0.717, 1.165) is 6.42 Å². The van der Waals surface area contributed by atoms with Crippen LogP contribution in [0.2, 0.25) is 0 Å². The Morgan fingerprint density at radius 2 is 1.35 bits per heavy atom. The van der Waals surface area contributed by atoms with E-state index in [1.165, 1.54) is 63.4 Å². The molecule has 0 atom stereocenters. The van der Waals surface area contributed by atoms with Crippen LogP contribution in [-0.2, 0) is 6.42 Å². The molecule has 0 aliphatic carbocycles. The molecule has 0 unspecified atom stereocenters. The van der Waals surface area contributed by atoms with Crippen molar-refractivity contribution in [2.24, 2.45) is 0 Å². The number of carbonyl (C=O) groups excluding carboxylic acids is 1. The molecule has 0 aliphatic rings. The lowest BCUT2D eigenvalue weighted by Gasteiger charge is -2.03. The normalized spacial score (nSPS) is 10.7. The fourth-order valence-corrected chi connectivity index (χ4v) is 2.57. The SMILES string of the molecule is CCCCCCCCCCCc1ccc(C(=O)Cl)cc1. The minimum Gasteiger partial charge on any atom is -0.276 e. The highest BCUT2D eigenvalue weighted by atomic mass is 35.5. The molecule has 0 bridgehead atoms. The molecule has 0 saturated carbocycles. The zero-order valence-electron chi connectivity index (χ0n) is 12.7. The van der Waals surface area contributed by atoms with E-state index >= 15 is 0 Å². The molecular formula is C18H27ClO. The van der Waals surface area contributed by atoms with Crippen molar-refractivity contribution in [3.8, 4) is 0 Å². The predicted molar refractivity (Wildman–Crippen MR) is 87.6 cm³/mol. The van der Waals surface area contributed by atoms with Crippen molar-refractivity contribution in [1.82, 2.24) is 0 Å². The molecule has 20 heavy (non-hydrogen) atoms. The first-order chi connectivity index (χ1) is 9.74. The molecule has 1 aromatic rings. The number of benzene rings is 1. The molecule has 0 radical (unpaired) electrons. The minimum atomic E-state index is -0.375. The summed E-state index contributed by atoms with van der Waals surface area (Å²) in [6.07, 6.45) is 13.3. The van der Waals surface area contributed by atoms with Gasteiger partial charge in [-0.3, -0.25) is 4.79 Å². The third kappa shape index (κ3) is 7.69. The van der Waals surface area contributed by atoms with Gasteiger partial charge >= 0.3 is 0 Å². The highest BCUT2D eigenvalue weighted by Crippen LogP contribution is 2.13. The quantitative estimate of drug-likeness (QED) is 0.354. The van der Waals surface area contributed by atoms with Gasteiger partial charge in [0, 0.05) is 5.56 Å². The Hall–Kier alpha value is -0.820. The Morgan fingerprint density at radius 3 is 1.85 bits per heavy atom. The Morgan fingerprint density at radius 1 is 0.850 bits per heavy atom. The van der Waals surface area contributed by atoms with Crippen molar-refractivity contribution in [3.63, 3.8) is 0 Å². The average Bonchev–Trinajstić information content (AvgIpc) is 2.46. The topological polar surface area (TPSA) is 17.1 Å².